The number of halogens is 1. The Bertz CT molecular complexity index is 981. The number of piperidine rings is 1. The first-order valence-electron chi connectivity index (χ1n) is 10.6. The highest BCUT2D eigenvalue weighted by atomic mass is 19.1. The summed E-state index contributed by atoms with van der Waals surface area (Å²) in [7, 11) is 0. The molecule has 0 spiro atoms. The fourth-order valence-electron chi connectivity index (χ4n) is 4.09. The van der Waals surface area contributed by atoms with Gasteiger partial charge in [0.15, 0.2) is 5.82 Å². The van der Waals surface area contributed by atoms with Crippen LogP contribution in [0.4, 0.5) is 4.39 Å². The molecule has 4 rings (SSSR count). The molecule has 0 radical (unpaired) electrons. The molecule has 7 heteroatoms. The van der Waals surface area contributed by atoms with Crippen molar-refractivity contribution in [2.75, 3.05) is 19.6 Å². The van der Waals surface area contributed by atoms with Gasteiger partial charge in [0.05, 0.1) is 11.9 Å². The van der Waals surface area contributed by atoms with Crippen molar-refractivity contribution in [3.63, 3.8) is 0 Å². The maximum absolute atomic E-state index is 13.7. The lowest BCUT2D eigenvalue weighted by Crippen LogP contribution is -2.39. The number of nitrogens with zero attached hydrogens (tertiary/aromatic N) is 4. The van der Waals surface area contributed by atoms with Gasteiger partial charge in [0.2, 0.25) is 0 Å². The van der Waals surface area contributed by atoms with E-state index in [1.165, 1.54) is 31.4 Å². The topological polar surface area (TPSA) is 55.1 Å². The van der Waals surface area contributed by atoms with Gasteiger partial charge in [0, 0.05) is 31.5 Å². The molecule has 0 bridgehead atoms. The summed E-state index contributed by atoms with van der Waals surface area (Å²) in [5.41, 5.74) is 1.03. The van der Waals surface area contributed by atoms with Crippen molar-refractivity contribution in [2.24, 2.45) is 0 Å². The zero-order valence-corrected chi connectivity index (χ0v) is 17.3. The molecule has 2 aromatic heterocycles. The number of hydrogen-bond acceptors (Lipinski definition) is 3. The van der Waals surface area contributed by atoms with Gasteiger partial charge in [-0.3, -0.25) is 4.79 Å². The van der Waals surface area contributed by atoms with Gasteiger partial charge in [-0.25, -0.2) is 9.07 Å². The van der Waals surface area contributed by atoms with E-state index in [9.17, 15) is 9.18 Å². The maximum Gasteiger partial charge on any atom is 0.256 e. The standard InChI is InChI=1S/C23H28FN5O/c1-18-8-2-3-12-27(18)15-7-11-25-22(30)21-17-26-29(20-10-6-9-19(24)16-20)23(21)28-13-4-5-14-28/h4-6,9-10,13-14,16-18H,2-3,7-8,11-12,15H2,1H3,(H,25,30). The van der Waals surface area contributed by atoms with E-state index in [4.69, 9.17) is 0 Å². The summed E-state index contributed by atoms with van der Waals surface area (Å²) in [4.78, 5) is 15.4. The second-order valence-electron chi connectivity index (χ2n) is 7.85. The Kier molecular flexibility index (Phi) is 6.28. The van der Waals surface area contributed by atoms with E-state index in [1.54, 1.807) is 23.0 Å². The number of amides is 1. The number of rotatable bonds is 7. The monoisotopic (exact) mass is 409 g/mol. The molecule has 1 amide bonds. The van der Waals surface area contributed by atoms with E-state index in [0.29, 0.717) is 29.7 Å². The zero-order chi connectivity index (χ0) is 20.9. The molecule has 158 valence electrons. The molecule has 1 aromatic carbocycles. The summed E-state index contributed by atoms with van der Waals surface area (Å²) in [5.74, 6) is 0.0696. The van der Waals surface area contributed by atoms with Crippen molar-refractivity contribution in [3.05, 3.63) is 66.4 Å². The Morgan fingerprint density at radius 2 is 2.07 bits per heavy atom. The summed E-state index contributed by atoms with van der Waals surface area (Å²) in [6.07, 6.45) is 9.98. The second-order valence-corrected chi connectivity index (χ2v) is 7.85. The Labute approximate surface area is 176 Å². The average molecular weight is 410 g/mol. The number of hydrogen-bond donors (Lipinski definition) is 1. The maximum atomic E-state index is 13.7. The Hall–Kier alpha value is -2.93. The summed E-state index contributed by atoms with van der Waals surface area (Å²) < 4.78 is 17.2. The van der Waals surface area contributed by atoms with Crippen molar-refractivity contribution in [1.29, 1.82) is 0 Å². The molecule has 1 saturated heterocycles. The number of nitrogens with one attached hydrogen (secondary N) is 1. The van der Waals surface area contributed by atoms with Gasteiger partial charge in [0.1, 0.15) is 11.4 Å². The van der Waals surface area contributed by atoms with E-state index in [1.807, 2.05) is 29.1 Å². The summed E-state index contributed by atoms with van der Waals surface area (Å²) in [6.45, 7) is 5.03. The molecular formula is C23H28FN5O. The van der Waals surface area contributed by atoms with Crippen LogP contribution < -0.4 is 5.32 Å². The SMILES string of the molecule is CC1CCCCN1CCCNC(=O)c1cnn(-c2cccc(F)c2)c1-n1cccc1. The molecule has 1 fully saturated rings. The number of carbonyl (C=O) groups is 1. The Morgan fingerprint density at radius 1 is 1.23 bits per heavy atom. The molecule has 30 heavy (non-hydrogen) atoms. The van der Waals surface area contributed by atoms with Crippen LogP contribution >= 0.6 is 0 Å². The van der Waals surface area contributed by atoms with Crippen molar-refractivity contribution in [2.45, 2.75) is 38.6 Å². The quantitative estimate of drug-likeness (QED) is 0.604. The zero-order valence-electron chi connectivity index (χ0n) is 17.3. The Balaban J connectivity index is 1.47. The highest BCUT2D eigenvalue weighted by Gasteiger charge is 2.21. The Morgan fingerprint density at radius 3 is 2.83 bits per heavy atom. The number of carbonyl (C=O) groups excluding carboxylic acids is 1. The molecule has 1 aliphatic rings. The third-order valence-electron chi connectivity index (χ3n) is 5.74. The molecule has 3 heterocycles. The number of aromatic nitrogens is 3. The molecule has 6 nitrogen and oxygen atoms in total. The van der Waals surface area contributed by atoms with Crippen LogP contribution in [0.15, 0.2) is 55.0 Å². The summed E-state index contributed by atoms with van der Waals surface area (Å²) >= 11 is 0. The van der Waals surface area contributed by atoms with Crippen molar-refractivity contribution >= 4 is 5.91 Å². The smallest absolute Gasteiger partial charge is 0.256 e. The van der Waals surface area contributed by atoms with E-state index >= 15 is 0 Å². The lowest BCUT2D eigenvalue weighted by atomic mass is 10.0. The van der Waals surface area contributed by atoms with E-state index in [0.717, 1.165) is 19.5 Å². The predicted molar refractivity (Wildman–Crippen MR) is 115 cm³/mol. The van der Waals surface area contributed by atoms with Crippen LogP contribution in [-0.4, -0.2) is 50.8 Å². The van der Waals surface area contributed by atoms with Gasteiger partial charge in [0.25, 0.3) is 5.91 Å². The molecule has 0 saturated carbocycles. The molecule has 1 atom stereocenters. The van der Waals surface area contributed by atoms with E-state index < -0.39 is 0 Å². The molecule has 3 aromatic rings. The number of likely N-dealkylation sites (tertiary alicyclic amines) is 1. The fourth-order valence-corrected chi connectivity index (χ4v) is 4.09. The van der Waals surface area contributed by atoms with Crippen LogP contribution in [0.1, 0.15) is 43.0 Å². The van der Waals surface area contributed by atoms with Crippen LogP contribution in [0.3, 0.4) is 0 Å². The first-order valence-corrected chi connectivity index (χ1v) is 10.6. The van der Waals surface area contributed by atoms with Crippen LogP contribution in [0, 0.1) is 5.82 Å². The average Bonchev–Trinajstić information content (AvgIpc) is 3.41. The van der Waals surface area contributed by atoms with Crippen LogP contribution in [0.2, 0.25) is 0 Å². The first-order chi connectivity index (χ1) is 14.6. The highest BCUT2D eigenvalue weighted by Crippen LogP contribution is 2.20. The summed E-state index contributed by atoms with van der Waals surface area (Å²) in [5, 5.41) is 7.40. The first kappa shape index (κ1) is 20.3. The van der Waals surface area contributed by atoms with Gasteiger partial charge >= 0.3 is 0 Å². The largest absolute Gasteiger partial charge is 0.352 e. The van der Waals surface area contributed by atoms with Crippen molar-refractivity contribution < 1.29 is 9.18 Å². The fraction of sp³-hybridized carbons (Fsp3) is 0.391. The molecule has 1 unspecified atom stereocenters. The minimum atomic E-state index is -0.348. The van der Waals surface area contributed by atoms with Crippen LogP contribution in [-0.2, 0) is 0 Å². The minimum absolute atomic E-state index is 0.173. The van der Waals surface area contributed by atoms with Gasteiger partial charge < -0.3 is 14.8 Å². The van der Waals surface area contributed by atoms with Crippen molar-refractivity contribution in [3.8, 4) is 11.5 Å². The lowest BCUT2D eigenvalue weighted by Gasteiger charge is -2.33. The van der Waals surface area contributed by atoms with Crippen LogP contribution in [0.5, 0.6) is 0 Å². The summed E-state index contributed by atoms with van der Waals surface area (Å²) in [6, 6.07) is 10.6. The van der Waals surface area contributed by atoms with Gasteiger partial charge in [-0.2, -0.15) is 5.10 Å². The van der Waals surface area contributed by atoms with Gasteiger partial charge in [-0.15, -0.1) is 0 Å². The molecule has 1 aliphatic heterocycles. The van der Waals surface area contributed by atoms with Gasteiger partial charge in [-0.05, 0) is 63.1 Å². The van der Waals surface area contributed by atoms with E-state index in [-0.39, 0.29) is 11.7 Å². The molecule has 0 aliphatic carbocycles. The van der Waals surface area contributed by atoms with Gasteiger partial charge in [-0.1, -0.05) is 12.5 Å². The number of benzene rings is 1. The molecular weight excluding hydrogens is 381 g/mol. The minimum Gasteiger partial charge on any atom is -0.352 e. The lowest BCUT2D eigenvalue weighted by molar-refractivity contribution is 0.0949. The normalized spacial score (nSPS) is 17.2. The highest BCUT2D eigenvalue weighted by molar-refractivity contribution is 5.97. The van der Waals surface area contributed by atoms with Crippen molar-refractivity contribution in [1.82, 2.24) is 24.6 Å². The third-order valence-corrected chi connectivity index (χ3v) is 5.74. The predicted octanol–water partition coefficient (Wildman–Crippen LogP) is 3.80. The molecule has 1 N–H and O–H groups in total. The third kappa shape index (κ3) is 4.46. The van der Waals surface area contributed by atoms with E-state index in [2.05, 4.69) is 22.2 Å². The second kappa shape index (κ2) is 9.26. The van der Waals surface area contributed by atoms with Crippen LogP contribution in [0.25, 0.3) is 11.5 Å².